The zero-order chi connectivity index (χ0) is 31.1. The van der Waals surface area contributed by atoms with Gasteiger partial charge in [-0.3, -0.25) is 13.9 Å². The molecule has 9 nitrogen and oxygen atoms in total. The minimum Gasteiger partial charge on any atom is -0.493 e. The fourth-order valence-corrected chi connectivity index (χ4v) is 7.05. The average Bonchev–Trinajstić information content (AvgIpc) is 3.51. The van der Waals surface area contributed by atoms with Crippen molar-refractivity contribution in [3.63, 3.8) is 0 Å². The molecule has 1 aliphatic carbocycles. The number of carbonyl (C=O) groups excluding carboxylic acids is 2. The summed E-state index contributed by atoms with van der Waals surface area (Å²) < 4.78 is 40.7. The van der Waals surface area contributed by atoms with Crippen LogP contribution in [-0.4, -0.2) is 58.0 Å². The van der Waals surface area contributed by atoms with Crippen LogP contribution in [0.15, 0.2) is 76.1 Å². The van der Waals surface area contributed by atoms with Crippen LogP contribution in [0.5, 0.6) is 11.5 Å². The van der Waals surface area contributed by atoms with Gasteiger partial charge in [-0.25, -0.2) is 8.42 Å². The number of amides is 2. The van der Waals surface area contributed by atoms with Crippen LogP contribution >= 0.6 is 27.5 Å². The highest BCUT2D eigenvalue weighted by molar-refractivity contribution is 9.10. The molecule has 230 valence electrons. The molecule has 43 heavy (non-hydrogen) atoms. The summed E-state index contributed by atoms with van der Waals surface area (Å²) in [5.41, 5.74) is 1.02. The predicted molar refractivity (Wildman–Crippen MR) is 170 cm³/mol. The first-order valence-corrected chi connectivity index (χ1v) is 16.5. The van der Waals surface area contributed by atoms with E-state index >= 15 is 0 Å². The Morgan fingerprint density at radius 1 is 1.00 bits per heavy atom. The maximum Gasteiger partial charge on any atom is 0.264 e. The fourth-order valence-electron chi connectivity index (χ4n) is 5.05. The number of hydrogen-bond acceptors (Lipinski definition) is 6. The summed E-state index contributed by atoms with van der Waals surface area (Å²) in [7, 11) is -1.44. The summed E-state index contributed by atoms with van der Waals surface area (Å²) >= 11 is 9.57. The summed E-state index contributed by atoms with van der Waals surface area (Å²) in [6.45, 7) is 1.20. The fraction of sp³-hybridized carbons (Fsp3) is 0.355. The first kappa shape index (κ1) is 32.6. The highest BCUT2D eigenvalue weighted by Crippen LogP contribution is 2.33. The molecule has 1 fully saturated rings. The van der Waals surface area contributed by atoms with Crippen molar-refractivity contribution in [2.24, 2.45) is 0 Å². The van der Waals surface area contributed by atoms with Gasteiger partial charge in [0.05, 0.1) is 24.8 Å². The van der Waals surface area contributed by atoms with Crippen LogP contribution in [0.3, 0.4) is 0 Å². The number of methoxy groups -OCH3 is 2. The van der Waals surface area contributed by atoms with E-state index in [1.165, 1.54) is 49.5 Å². The van der Waals surface area contributed by atoms with Crippen molar-refractivity contribution in [2.75, 3.05) is 25.1 Å². The Labute approximate surface area is 266 Å². The molecule has 1 aliphatic rings. The second-order valence-electron chi connectivity index (χ2n) is 10.3. The van der Waals surface area contributed by atoms with Crippen molar-refractivity contribution in [3.8, 4) is 11.5 Å². The first-order valence-electron chi connectivity index (χ1n) is 13.9. The highest BCUT2D eigenvalue weighted by Gasteiger charge is 2.34. The largest absolute Gasteiger partial charge is 0.493 e. The van der Waals surface area contributed by atoms with Gasteiger partial charge in [-0.2, -0.15) is 0 Å². The van der Waals surface area contributed by atoms with Gasteiger partial charge >= 0.3 is 0 Å². The molecule has 0 heterocycles. The van der Waals surface area contributed by atoms with Gasteiger partial charge < -0.3 is 19.7 Å². The van der Waals surface area contributed by atoms with Gasteiger partial charge in [0.2, 0.25) is 11.8 Å². The molecule has 0 bridgehead atoms. The molecule has 0 spiro atoms. The predicted octanol–water partition coefficient (Wildman–Crippen LogP) is 5.79. The molecule has 1 N–H and O–H groups in total. The lowest BCUT2D eigenvalue weighted by atomic mass is 10.1. The van der Waals surface area contributed by atoms with Gasteiger partial charge in [-0.1, -0.05) is 52.5 Å². The van der Waals surface area contributed by atoms with Crippen molar-refractivity contribution in [1.29, 1.82) is 0 Å². The van der Waals surface area contributed by atoms with Crippen molar-refractivity contribution in [2.45, 2.75) is 56.1 Å². The molecule has 3 aromatic carbocycles. The van der Waals surface area contributed by atoms with Gasteiger partial charge in [0, 0.05) is 28.1 Å². The standard InChI is InChI=1S/C31H35BrClN3O6S/c1-21(31(38)34-25-9-4-5-10-25)35(19-22-7-6-8-23(32)17-22)30(37)20-36(26-13-11-24(33)12-14-26)43(39,40)27-15-16-28(41-2)29(18-27)42-3/h6-8,11-18,21,25H,4-5,9-10,19-20H2,1-3H3,(H,34,38)/t21-/m1/s1. The van der Waals surface area contributed by atoms with Crippen LogP contribution in [0, 0.1) is 0 Å². The van der Waals surface area contributed by atoms with E-state index in [0.717, 1.165) is 40.0 Å². The van der Waals surface area contributed by atoms with Crippen LogP contribution in [0.4, 0.5) is 5.69 Å². The first-order chi connectivity index (χ1) is 20.5. The number of anilines is 1. The number of carbonyl (C=O) groups is 2. The van der Waals surface area contributed by atoms with E-state index in [4.69, 9.17) is 21.1 Å². The number of nitrogens with zero attached hydrogens (tertiary/aromatic N) is 2. The van der Waals surface area contributed by atoms with Crippen LogP contribution in [0.25, 0.3) is 0 Å². The molecule has 0 aliphatic heterocycles. The zero-order valence-electron chi connectivity index (χ0n) is 24.3. The monoisotopic (exact) mass is 691 g/mol. The minimum atomic E-state index is -4.30. The van der Waals surface area contributed by atoms with Crippen LogP contribution < -0.4 is 19.1 Å². The molecule has 3 aromatic rings. The Morgan fingerprint density at radius 3 is 2.30 bits per heavy atom. The number of rotatable bonds is 12. The third kappa shape index (κ3) is 8.01. The Kier molecular flexibility index (Phi) is 11.0. The van der Waals surface area contributed by atoms with Crippen LogP contribution in [0.2, 0.25) is 5.02 Å². The molecular formula is C31H35BrClN3O6S. The lowest BCUT2D eigenvalue weighted by molar-refractivity contribution is -0.139. The van der Waals surface area contributed by atoms with Gasteiger partial charge in [-0.05, 0) is 73.9 Å². The Hall–Kier alpha value is -3.28. The average molecular weight is 693 g/mol. The van der Waals surface area contributed by atoms with E-state index in [9.17, 15) is 18.0 Å². The maximum atomic E-state index is 14.1. The molecular weight excluding hydrogens is 658 g/mol. The van der Waals surface area contributed by atoms with E-state index in [0.29, 0.717) is 10.8 Å². The second kappa shape index (κ2) is 14.5. The number of hydrogen-bond donors (Lipinski definition) is 1. The molecule has 0 aromatic heterocycles. The van der Waals surface area contributed by atoms with Crippen molar-refractivity contribution >= 4 is 55.1 Å². The second-order valence-corrected chi connectivity index (χ2v) is 13.5. The van der Waals surface area contributed by atoms with E-state index in [2.05, 4.69) is 21.2 Å². The normalized spacial score (nSPS) is 14.2. The van der Waals surface area contributed by atoms with Crippen LogP contribution in [0.1, 0.15) is 38.2 Å². The molecule has 0 radical (unpaired) electrons. The quantitative estimate of drug-likeness (QED) is 0.258. The van der Waals surface area contributed by atoms with E-state index < -0.39 is 28.5 Å². The number of halogens is 2. The summed E-state index contributed by atoms with van der Waals surface area (Å²) in [6.07, 6.45) is 3.88. The van der Waals surface area contributed by atoms with Crippen LogP contribution in [-0.2, 0) is 26.2 Å². The maximum absolute atomic E-state index is 14.1. The number of sulfonamides is 1. The van der Waals surface area contributed by atoms with Crippen molar-refractivity contribution < 1.29 is 27.5 Å². The van der Waals surface area contributed by atoms with Crippen molar-refractivity contribution in [1.82, 2.24) is 10.2 Å². The summed E-state index contributed by atoms with van der Waals surface area (Å²) in [5, 5.41) is 3.48. The summed E-state index contributed by atoms with van der Waals surface area (Å²) in [5.74, 6) is -0.249. The Morgan fingerprint density at radius 2 is 1.67 bits per heavy atom. The lowest BCUT2D eigenvalue weighted by Gasteiger charge is -2.32. The number of benzene rings is 3. The smallest absolute Gasteiger partial charge is 0.264 e. The summed E-state index contributed by atoms with van der Waals surface area (Å²) in [4.78, 5) is 28.8. The van der Waals surface area contributed by atoms with Crippen molar-refractivity contribution in [3.05, 3.63) is 81.8 Å². The Balaban J connectivity index is 1.71. The third-order valence-corrected chi connectivity index (χ3v) is 9.96. The highest BCUT2D eigenvalue weighted by atomic mass is 79.9. The Bertz CT molecular complexity index is 1550. The minimum absolute atomic E-state index is 0.0637. The van der Waals surface area contributed by atoms with E-state index in [1.807, 2.05) is 24.3 Å². The topological polar surface area (TPSA) is 105 Å². The molecule has 0 unspecified atom stereocenters. The van der Waals surface area contributed by atoms with Gasteiger partial charge in [0.25, 0.3) is 10.0 Å². The summed E-state index contributed by atoms with van der Waals surface area (Å²) in [6, 6.07) is 17.0. The molecule has 12 heteroatoms. The lowest BCUT2D eigenvalue weighted by Crippen LogP contribution is -2.52. The van der Waals surface area contributed by atoms with E-state index in [1.54, 1.807) is 19.1 Å². The number of nitrogens with one attached hydrogen (secondary N) is 1. The third-order valence-electron chi connectivity index (χ3n) is 7.45. The SMILES string of the molecule is COc1ccc(S(=O)(=O)N(CC(=O)N(Cc2cccc(Br)c2)[C@H](C)C(=O)NC2CCCC2)c2ccc(Cl)cc2)cc1OC. The molecule has 0 saturated heterocycles. The van der Waals surface area contributed by atoms with Gasteiger partial charge in [0.15, 0.2) is 11.5 Å². The van der Waals surface area contributed by atoms with Gasteiger partial charge in [-0.15, -0.1) is 0 Å². The molecule has 4 rings (SSSR count). The molecule has 1 atom stereocenters. The zero-order valence-corrected chi connectivity index (χ0v) is 27.4. The molecule has 1 saturated carbocycles. The number of ether oxygens (including phenoxy) is 2. The van der Waals surface area contributed by atoms with Gasteiger partial charge in [0.1, 0.15) is 12.6 Å². The molecule has 2 amide bonds. The van der Waals surface area contributed by atoms with E-state index in [-0.39, 0.29) is 34.8 Å².